The molecule has 19 heavy (non-hydrogen) atoms. The lowest BCUT2D eigenvalue weighted by molar-refractivity contribution is 0.425. The summed E-state index contributed by atoms with van der Waals surface area (Å²) < 4.78 is 5.55. The third-order valence-corrected chi connectivity index (χ3v) is 6.96. The van der Waals surface area contributed by atoms with Gasteiger partial charge < -0.3 is 9.73 Å². The predicted octanol–water partition coefficient (Wildman–Crippen LogP) is 3.82. The smallest absolute Gasteiger partial charge is 0.105 e. The lowest BCUT2D eigenvalue weighted by Crippen LogP contribution is -2.46. The second-order valence-corrected chi connectivity index (χ2v) is 7.63. The van der Waals surface area contributed by atoms with E-state index in [0.29, 0.717) is 11.3 Å². The van der Waals surface area contributed by atoms with E-state index in [4.69, 9.17) is 4.42 Å². The van der Waals surface area contributed by atoms with E-state index in [-0.39, 0.29) is 0 Å². The Labute approximate surface area is 125 Å². The summed E-state index contributed by atoms with van der Waals surface area (Å²) in [5.74, 6) is 3.70. The fraction of sp³-hybridized carbons (Fsp3) is 0.733. The Morgan fingerprint density at radius 3 is 2.89 bits per heavy atom. The first-order valence-electron chi connectivity index (χ1n) is 7.34. The van der Waals surface area contributed by atoms with Crippen LogP contribution in [0.1, 0.15) is 32.4 Å². The normalized spacial score (nSPS) is 25.4. The van der Waals surface area contributed by atoms with E-state index in [1.165, 1.54) is 24.3 Å². The van der Waals surface area contributed by atoms with E-state index in [1.807, 2.05) is 6.07 Å². The Kier molecular flexibility index (Phi) is 6.68. The maximum atomic E-state index is 5.55. The molecule has 0 spiro atoms. The van der Waals surface area contributed by atoms with Crippen LogP contribution in [0.3, 0.4) is 0 Å². The van der Waals surface area contributed by atoms with Gasteiger partial charge in [0.2, 0.25) is 0 Å². The highest BCUT2D eigenvalue weighted by molar-refractivity contribution is 8.07. The van der Waals surface area contributed by atoms with Crippen LogP contribution in [0.15, 0.2) is 22.8 Å². The highest BCUT2D eigenvalue weighted by Gasteiger charge is 2.32. The molecule has 2 heterocycles. The summed E-state index contributed by atoms with van der Waals surface area (Å²) in [4.78, 5) is 0. The van der Waals surface area contributed by atoms with Crippen molar-refractivity contribution >= 4 is 23.5 Å². The molecule has 4 heteroatoms. The molecule has 1 fully saturated rings. The van der Waals surface area contributed by atoms with E-state index < -0.39 is 0 Å². The van der Waals surface area contributed by atoms with Crippen molar-refractivity contribution in [3.8, 4) is 0 Å². The highest BCUT2D eigenvalue weighted by Crippen LogP contribution is 2.36. The van der Waals surface area contributed by atoms with Crippen LogP contribution < -0.4 is 5.32 Å². The van der Waals surface area contributed by atoms with E-state index in [2.05, 4.69) is 48.8 Å². The maximum Gasteiger partial charge on any atom is 0.105 e. The van der Waals surface area contributed by atoms with E-state index in [0.717, 1.165) is 24.0 Å². The largest absolute Gasteiger partial charge is 0.469 e. The molecule has 2 nitrogen and oxygen atoms in total. The van der Waals surface area contributed by atoms with Crippen LogP contribution in [0.5, 0.6) is 0 Å². The fourth-order valence-electron chi connectivity index (χ4n) is 2.59. The summed E-state index contributed by atoms with van der Waals surface area (Å²) >= 11 is 4.31. The number of thioether (sulfide) groups is 2. The monoisotopic (exact) mass is 299 g/mol. The maximum absolute atomic E-state index is 5.55. The first-order valence-corrected chi connectivity index (χ1v) is 9.43. The Morgan fingerprint density at radius 2 is 2.21 bits per heavy atom. The van der Waals surface area contributed by atoms with Gasteiger partial charge in [0, 0.05) is 34.5 Å². The first-order chi connectivity index (χ1) is 9.35. The van der Waals surface area contributed by atoms with Crippen LogP contribution in [0.25, 0.3) is 0 Å². The molecule has 0 aliphatic carbocycles. The summed E-state index contributed by atoms with van der Waals surface area (Å²) in [6.45, 7) is 5.65. The van der Waals surface area contributed by atoms with Gasteiger partial charge in [-0.05, 0) is 31.5 Å². The number of nitrogens with one attached hydrogen (secondary N) is 1. The Balaban J connectivity index is 2.01. The van der Waals surface area contributed by atoms with Gasteiger partial charge in [0.15, 0.2) is 0 Å². The molecule has 3 unspecified atom stereocenters. The van der Waals surface area contributed by atoms with Gasteiger partial charge in [-0.3, -0.25) is 0 Å². The lowest BCUT2D eigenvalue weighted by atomic mass is 10.0. The topological polar surface area (TPSA) is 25.2 Å². The molecule has 1 N–H and O–H groups in total. The van der Waals surface area contributed by atoms with Crippen LogP contribution >= 0.6 is 23.5 Å². The Bertz CT molecular complexity index is 342. The molecule has 1 aliphatic heterocycles. The first kappa shape index (κ1) is 15.3. The van der Waals surface area contributed by atoms with Gasteiger partial charge in [-0.25, -0.2) is 0 Å². The fourth-order valence-corrected chi connectivity index (χ4v) is 5.85. The van der Waals surface area contributed by atoms with Crippen molar-refractivity contribution in [2.24, 2.45) is 0 Å². The second-order valence-electron chi connectivity index (χ2n) is 5.00. The van der Waals surface area contributed by atoms with Gasteiger partial charge in [-0.2, -0.15) is 23.5 Å². The number of rotatable bonds is 7. The zero-order chi connectivity index (χ0) is 13.5. The molecule has 1 aromatic heterocycles. The van der Waals surface area contributed by atoms with E-state index >= 15 is 0 Å². The van der Waals surface area contributed by atoms with Gasteiger partial charge in [-0.15, -0.1) is 0 Å². The molecule has 1 aromatic rings. The van der Waals surface area contributed by atoms with Gasteiger partial charge in [0.25, 0.3) is 0 Å². The SMILES string of the molecule is CCCNC(Cc1ccco1)C1SCCSC1CC. The standard InChI is InChI=1S/C15H25NOS2/c1-3-7-16-13(11-12-6-5-8-17-12)15-14(4-2)18-9-10-19-15/h5-6,8,13-16H,3-4,7,9-11H2,1-2H3. The molecule has 0 amide bonds. The third-order valence-electron chi connectivity index (χ3n) is 3.55. The summed E-state index contributed by atoms with van der Waals surface area (Å²) in [5.41, 5.74) is 0. The van der Waals surface area contributed by atoms with E-state index in [1.54, 1.807) is 6.26 Å². The third kappa shape index (κ3) is 4.47. The van der Waals surface area contributed by atoms with Crippen LogP contribution in [-0.2, 0) is 6.42 Å². The second kappa shape index (κ2) is 8.28. The van der Waals surface area contributed by atoms with Crippen LogP contribution in [-0.4, -0.2) is 34.6 Å². The zero-order valence-electron chi connectivity index (χ0n) is 11.9. The molecule has 108 valence electrons. The van der Waals surface area contributed by atoms with Crippen molar-refractivity contribution in [2.45, 2.75) is 49.7 Å². The van der Waals surface area contributed by atoms with Gasteiger partial charge in [-0.1, -0.05) is 13.8 Å². The molecule has 1 aliphatic rings. The number of hydrogen-bond donors (Lipinski definition) is 1. The molecule has 3 atom stereocenters. The van der Waals surface area contributed by atoms with Crippen molar-refractivity contribution < 1.29 is 4.42 Å². The summed E-state index contributed by atoms with van der Waals surface area (Å²) in [6, 6.07) is 4.63. The van der Waals surface area contributed by atoms with Crippen LogP contribution in [0, 0.1) is 0 Å². The highest BCUT2D eigenvalue weighted by atomic mass is 32.2. The molecule has 0 aromatic carbocycles. The lowest BCUT2D eigenvalue weighted by Gasteiger charge is -2.36. The molecular weight excluding hydrogens is 274 g/mol. The van der Waals surface area contributed by atoms with Crippen molar-refractivity contribution in [1.82, 2.24) is 5.32 Å². The molecule has 2 rings (SSSR count). The average Bonchev–Trinajstić information content (AvgIpc) is 2.96. The number of furan rings is 1. The van der Waals surface area contributed by atoms with Crippen LogP contribution in [0.2, 0.25) is 0 Å². The zero-order valence-corrected chi connectivity index (χ0v) is 13.6. The summed E-state index contributed by atoms with van der Waals surface area (Å²) in [7, 11) is 0. The minimum Gasteiger partial charge on any atom is -0.469 e. The number of hydrogen-bond acceptors (Lipinski definition) is 4. The van der Waals surface area contributed by atoms with Crippen molar-refractivity contribution in [3.05, 3.63) is 24.2 Å². The van der Waals surface area contributed by atoms with Crippen molar-refractivity contribution in [2.75, 3.05) is 18.1 Å². The van der Waals surface area contributed by atoms with E-state index in [9.17, 15) is 0 Å². The quantitative estimate of drug-likeness (QED) is 0.827. The minimum atomic E-state index is 0.536. The molecule has 0 bridgehead atoms. The summed E-state index contributed by atoms with van der Waals surface area (Å²) in [5, 5.41) is 5.24. The molecular formula is C15H25NOS2. The average molecular weight is 300 g/mol. The predicted molar refractivity (Wildman–Crippen MR) is 87.3 cm³/mol. The minimum absolute atomic E-state index is 0.536. The Morgan fingerprint density at radius 1 is 1.37 bits per heavy atom. The van der Waals surface area contributed by atoms with Gasteiger partial charge >= 0.3 is 0 Å². The Hall–Kier alpha value is -0.0600. The van der Waals surface area contributed by atoms with Gasteiger partial charge in [0.1, 0.15) is 5.76 Å². The van der Waals surface area contributed by atoms with Crippen molar-refractivity contribution in [3.63, 3.8) is 0 Å². The molecule has 0 saturated carbocycles. The summed E-state index contributed by atoms with van der Waals surface area (Å²) in [6.07, 6.45) is 5.26. The van der Waals surface area contributed by atoms with Crippen molar-refractivity contribution in [1.29, 1.82) is 0 Å². The molecule has 1 saturated heterocycles. The van der Waals surface area contributed by atoms with Gasteiger partial charge in [0.05, 0.1) is 6.26 Å². The molecule has 0 radical (unpaired) electrons. The van der Waals surface area contributed by atoms with Crippen LogP contribution in [0.4, 0.5) is 0 Å².